The number of hydrogen-bond acceptors (Lipinski definition) is 4. The van der Waals surface area contributed by atoms with Crippen molar-refractivity contribution in [2.45, 2.75) is 77.0 Å². The highest BCUT2D eigenvalue weighted by atomic mass is 35.5. The SMILES string of the molecule is O=C(CCCCCCCCC(=O)CCCOc1ccc(Cl)cc1)CCCOc1ccc(Cl)cc1. The Labute approximate surface area is 213 Å². The van der Waals surface area contributed by atoms with Gasteiger partial charge < -0.3 is 9.47 Å². The minimum atomic E-state index is 0.311. The van der Waals surface area contributed by atoms with Crippen LogP contribution in [-0.2, 0) is 9.59 Å². The number of halogens is 2. The lowest BCUT2D eigenvalue weighted by Crippen LogP contribution is -2.03. The van der Waals surface area contributed by atoms with Gasteiger partial charge in [-0.25, -0.2) is 0 Å². The molecular weight excluding hydrogens is 471 g/mol. The maximum Gasteiger partial charge on any atom is 0.133 e. The highest BCUT2D eigenvalue weighted by molar-refractivity contribution is 6.30. The van der Waals surface area contributed by atoms with Gasteiger partial charge in [-0.05, 0) is 74.2 Å². The molecule has 2 aromatic rings. The van der Waals surface area contributed by atoms with E-state index in [-0.39, 0.29) is 0 Å². The van der Waals surface area contributed by atoms with Crippen molar-refractivity contribution in [2.24, 2.45) is 0 Å². The van der Waals surface area contributed by atoms with E-state index in [1.165, 1.54) is 0 Å². The van der Waals surface area contributed by atoms with Gasteiger partial charge in [-0.2, -0.15) is 0 Å². The molecule has 0 radical (unpaired) electrons. The number of hydrogen-bond donors (Lipinski definition) is 0. The van der Waals surface area contributed by atoms with Gasteiger partial charge in [-0.3, -0.25) is 9.59 Å². The summed E-state index contributed by atoms with van der Waals surface area (Å²) < 4.78 is 11.2. The molecule has 0 aromatic heterocycles. The molecule has 0 amide bonds. The monoisotopic (exact) mass is 506 g/mol. The number of carbonyl (C=O) groups excluding carboxylic acids is 2. The molecule has 4 nitrogen and oxygen atoms in total. The predicted molar refractivity (Wildman–Crippen MR) is 139 cm³/mol. The summed E-state index contributed by atoms with van der Waals surface area (Å²) >= 11 is 11.7. The average molecular weight is 507 g/mol. The average Bonchev–Trinajstić information content (AvgIpc) is 2.83. The van der Waals surface area contributed by atoms with Crippen molar-refractivity contribution in [3.05, 3.63) is 58.6 Å². The van der Waals surface area contributed by atoms with Gasteiger partial charge in [-0.1, -0.05) is 48.9 Å². The highest BCUT2D eigenvalue weighted by Crippen LogP contribution is 2.17. The second-order valence-electron chi connectivity index (χ2n) is 8.51. The van der Waals surface area contributed by atoms with Crippen LogP contribution in [0, 0.1) is 0 Å². The minimum Gasteiger partial charge on any atom is -0.494 e. The quantitative estimate of drug-likeness (QED) is 0.180. The molecule has 0 unspecified atom stereocenters. The van der Waals surface area contributed by atoms with Crippen molar-refractivity contribution in [1.29, 1.82) is 0 Å². The summed E-state index contributed by atoms with van der Waals surface area (Å²) in [6.07, 6.45) is 10.2. The normalized spacial score (nSPS) is 10.8. The first-order chi connectivity index (χ1) is 16.5. The number of benzene rings is 2. The summed E-state index contributed by atoms with van der Waals surface area (Å²) in [7, 11) is 0. The van der Waals surface area contributed by atoms with Gasteiger partial charge >= 0.3 is 0 Å². The second-order valence-corrected chi connectivity index (χ2v) is 9.38. The van der Waals surface area contributed by atoms with Crippen LogP contribution in [0.3, 0.4) is 0 Å². The van der Waals surface area contributed by atoms with Crippen LogP contribution in [0.2, 0.25) is 10.0 Å². The summed E-state index contributed by atoms with van der Waals surface area (Å²) in [5, 5.41) is 1.37. The molecule has 2 rings (SSSR count). The molecule has 0 atom stereocenters. The minimum absolute atomic E-state index is 0.311. The van der Waals surface area contributed by atoms with E-state index < -0.39 is 0 Å². The second kappa shape index (κ2) is 17.4. The molecule has 0 aliphatic heterocycles. The van der Waals surface area contributed by atoms with Crippen LogP contribution >= 0.6 is 23.2 Å². The zero-order chi connectivity index (χ0) is 24.4. The molecule has 0 aliphatic carbocycles. The topological polar surface area (TPSA) is 52.6 Å². The third-order valence-electron chi connectivity index (χ3n) is 5.53. The summed E-state index contributed by atoms with van der Waals surface area (Å²) in [4.78, 5) is 24.0. The predicted octanol–water partition coefficient (Wildman–Crippen LogP) is 8.27. The van der Waals surface area contributed by atoms with Gasteiger partial charge in [0.15, 0.2) is 0 Å². The third-order valence-corrected chi connectivity index (χ3v) is 6.03. The lowest BCUT2D eigenvalue weighted by molar-refractivity contribution is -0.120. The Balaban J connectivity index is 1.34. The fraction of sp³-hybridized carbons (Fsp3) is 0.500. The number of rotatable bonds is 19. The van der Waals surface area contributed by atoms with Crippen molar-refractivity contribution in [2.75, 3.05) is 13.2 Å². The summed E-state index contributed by atoms with van der Waals surface area (Å²) in [5.41, 5.74) is 0. The first-order valence-electron chi connectivity index (χ1n) is 12.3. The van der Waals surface area contributed by atoms with Crippen molar-refractivity contribution in [3.8, 4) is 11.5 Å². The summed E-state index contributed by atoms with van der Waals surface area (Å²) in [6.45, 7) is 1.09. The Kier molecular flexibility index (Phi) is 14.4. The van der Waals surface area contributed by atoms with Crippen molar-refractivity contribution in [1.82, 2.24) is 0 Å². The number of carbonyl (C=O) groups is 2. The molecule has 6 heteroatoms. The first-order valence-corrected chi connectivity index (χ1v) is 13.1. The van der Waals surface area contributed by atoms with E-state index >= 15 is 0 Å². The molecular formula is C28H36Cl2O4. The maximum atomic E-state index is 12.0. The van der Waals surface area contributed by atoms with Gasteiger partial charge in [0.25, 0.3) is 0 Å². The van der Waals surface area contributed by atoms with Crippen LogP contribution in [0.15, 0.2) is 48.5 Å². The Bertz CT molecular complexity index is 763. The van der Waals surface area contributed by atoms with E-state index in [4.69, 9.17) is 32.7 Å². The number of ether oxygens (including phenoxy) is 2. The van der Waals surface area contributed by atoms with Crippen LogP contribution in [0.25, 0.3) is 0 Å². The van der Waals surface area contributed by atoms with Gasteiger partial charge in [0.2, 0.25) is 0 Å². The molecule has 0 saturated carbocycles. The molecule has 2 aromatic carbocycles. The molecule has 34 heavy (non-hydrogen) atoms. The van der Waals surface area contributed by atoms with E-state index in [0.717, 1.165) is 62.9 Å². The van der Waals surface area contributed by atoms with Crippen molar-refractivity contribution >= 4 is 34.8 Å². The fourth-order valence-corrected chi connectivity index (χ4v) is 3.83. The molecule has 0 heterocycles. The molecule has 0 fully saturated rings. The Hall–Kier alpha value is -2.04. The van der Waals surface area contributed by atoms with Crippen molar-refractivity contribution < 1.29 is 19.1 Å². The first kappa shape index (κ1) is 28.2. The molecule has 0 spiro atoms. The molecule has 0 N–H and O–H groups in total. The zero-order valence-electron chi connectivity index (χ0n) is 19.9. The van der Waals surface area contributed by atoms with Crippen LogP contribution < -0.4 is 9.47 Å². The molecule has 0 aliphatic rings. The van der Waals surface area contributed by atoms with Gasteiger partial charge in [-0.15, -0.1) is 0 Å². The maximum absolute atomic E-state index is 12.0. The van der Waals surface area contributed by atoms with Crippen LogP contribution in [-0.4, -0.2) is 24.8 Å². The molecule has 0 saturated heterocycles. The van der Waals surface area contributed by atoms with Crippen molar-refractivity contribution in [3.63, 3.8) is 0 Å². The Morgan fingerprint density at radius 1 is 0.500 bits per heavy atom. The number of Topliss-reactive ketones (excluding diaryl/α,β-unsaturated/α-hetero) is 2. The summed E-state index contributed by atoms with van der Waals surface area (Å²) in [6, 6.07) is 14.5. The van der Waals surface area contributed by atoms with Crippen LogP contribution in [0.4, 0.5) is 0 Å². The third kappa shape index (κ3) is 13.6. The van der Waals surface area contributed by atoms with Crippen LogP contribution in [0.1, 0.15) is 77.0 Å². The number of ketones is 2. The molecule has 186 valence electrons. The van der Waals surface area contributed by atoms with E-state index in [9.17, 15) is 9.59 Å². The van der Waals surface area contributed by atoms with E-state index in [0.29, 0.717) is 60.5 Å². The standard InChI is InChI=1S/C28H36Cl2O4/c29-23-13-17-27(18-14-23)33-21-7-11-25(31)9-5-3-1-2-4-6-10-26(32)12-8-22-34-28-19-15-24(30)16-20-28/h13-20H,1-12,21-22H2. The Morgan fingerprint density at radius 3 is 1.21 bits per heavy atom. The fourth-order valence-electron chi connectivity index (χ4n) is 3.58. The van der Waals surface area contributed by atoms with E-state index in [1.54, 1.807) is 24.3 Å². The number of unbranched alkanes of at least 4 members (excludes halogenated alkanes) is 5. The Morgan fingerprint density at radius 2 is 0.824 bits per heavy atom. The smallest absolute Gasteiger partial charge is 0.133 e. The van der Waals surface area contributed by atoms with E-state index in [1.807, 2.05) is 24.3 Å². The lowest BCUT2D eigenvalue weighted by atomic mass is 10.0. The lowest BCUT2D eigenvalue weighted by Gasteiger charge is -2.06. The van der Waals surface area contributed by atoms with Gasteiger partial charge in [0.1, 0.15) is 23.1 Å². The van der Waals surface area contributed by atoms with E-state index in [2.05, 4.69) is 0 Å². The highest BCUT2D eigenvalue weighted by Gasteiger charge is 2.04. The zero-order valence-corrected chi connectivity index (χ0v) is 21.4. The van der Waals surface area contributed by atoms with Gasteiger partial charge in [0.05, 0.1) is 13.2 Å². The summed E-state index contributed by atoms with van der Waals surface area (Å²) in [5.74, 6) is 2.18. The van der Waals surface area contributed by atoms with Crippen LogP contribution in [0.5, 0.6) is 11.5 Å². The largest absolute Gasteiger partial charge is 0.494 e. The molecule has 0 bridgehead atoms. The van der Waals surface area contributed by atoms with Gasteiger partial charge in [0, 0.05) is 35.7 Å².